The van der Waals surface area contributed by atoms with Crippen molar-refractivity contribution in [2.45, 2.75) is 23.4 Å². The van der Waals surface area contributed by atoms with Gasteiger partial charge in [-0.3, -0.25) is 0 Å². The van der Waals surface area contributed by atoms with Crippen molar-refractivity contribution in [3.8, 4) is 0 Å². The van der Waals surface area contributed by atoms with Crippen molar-refractivity contribution in [1.82, 2.24) is 9.97 Å². The first-order valence-corrected chi connectivity index (χ1v) is 7.03. The van der Waals surface area contributed by atoms with E-state index in [1.54, 1.807) is 23.5 Å². The van der Waals surface area contributed by atoms with Gasteiger partial charge in [-0.15, -0.1) is 11.3 Å². The molecule has 0 radical (unpaired) electrons. The maximum atomic E-state index is 5.71. The van der Waals surface area contributed by atoms with Crippen molar-refractivity contribution in [3.05, 3.63) is 28.8 Å². The van der Waals surface area contributed by atoms with Gasteiger partial charge in [-0.1, -0.05) is 0 Å². The standard InChI is InChI=1S/C12H11N3OS2/c1-6-7(2)17-12(14-6)18-11-15-9-5-8(13)3-4-10(9)16-11/h3-5H,13H2,1-2H3. The lowest BCUT2D eigenvalue weighted by Gasteiger charge is -1.88. The molecule has 6 heteroatoms. The van der Waals surface area contributed by atoms with Crippen LogP contribution in [0.4, 0.5) is 5.69 Å². The number of aromatic nitrogens is 2. The molecule has 0 unspecified atom stereocenters. The molecule has 0 aliphatic heterocycles. The van der Waals surface area contributed by atoms with Crippen LogP contribution in [0.15, 0.2) is 32.2 Å². The Bertz CT molecular complexity index is 698. The number of nitrogen functional groups attached to an aromatic ring is 1. The van der Waals surface area contributed by atoms with Gasteiger partial charge in [0.15, 0.2) is 9.92 Å². The summed E-state index contributed by atoms with van der Waals surface area (Å²) in [6, 6.07) is 5.45. The molecule has 92 valence electrons. The smallest absolute Gasteiger partial charge is 0.263 e. The van der Waals surface area contributed by atoms with Crippen molar-refractivity contribution in [1.29, 1.82) is 0 Å². The van der Waals surface area contributed by atoms with Crippen molar-refractivity contribution in [2.75, 3.05) is 5.73 Å². The zero-order valence-corrected chi connectivity index (χ0v) is 11.6. The number of anilines is 1. The first kappa shape index (κ1) is 11.6. The predicted molar refractivity (Wildman–Crippen MR) is 74.1 cm³/mol. The topological polar surface area (TPSA) is 64.9 Å². The summed E-state index contributed by atoms with van der Waals surface area (Å²) in [5.74, 6) is 0. The summed E-state index contributed by atoms with van der Waals surface area (Å²) in [6.45, 7) is 4.06. The summed E-state index contributed by atoms with van der Waals surface area (Å²) in [5.41, 5.74) is 8.98. The average Bonchev–Trinajstić information content (AvgIpc) is 2.82. The molecule has 0 fully saturated rings. The maximum absolute atomic E-state index is 5.71. The summed E-state index contributed by atoms with van der Waals surface area (Å²) in [7, 11) is 0. The lowest BCUT2D eigenvalue weighted by atomic mass is 10.3. The minimum absolute atomic E-state index is 0.601. The number of hydrogen-bond acceptors (Lipinski definition) is 6. The van der Waals surface area contributed by atoms with Gasteiger partial charge in [-0.25, -0.2) is 9.97 Å². The van der Waals surface area contributed by atoms with E-state index in [4.69, 9.17) is 10.2 Å². The maximum Gasteiger partial charge on any atom is 0.263 e. The monoisotopic (exact) mass is 277 g/mol. The van der Waals surface area contributed by atoms with E-state index in [9.17, 15) is 0 Å². The Morgan fingerprint density at radius 1 is 1.28 bits per heavy atom. The van der Waals surface area contributed by atoms with Crippen molar-refractivity contribution >= 4 is 39.9 Å². The van der Waals surface area contributed by atoms with Gasteiger partial charge in [0, 0.05) is 22.3 Å². The summed E-state index contributed by atoms with van der Waals surface area (Å²) in [4.78, 5) is 10.1. The zero-order valence-electron chi connectivity index (χ0n) is 9.93. The minimum Gasteiger partial charge on any atom is -0.431 e. The fraction of sp³-hybridized carbons (Fsp3) is 0.167. The highest BCUT2D eigenvalue weighted by Crippen LogP contribution is 2.33. The van der Waals surface area contributed by atoms with Crippen LogP contribution in [0.3, 0.4) is 0 Å². The van der Waals surface area contributed by atoms with Crippen LogP contribution in [0.25, 0.3) is 11.1 Å². The Balaban J connectivity index is 1.95. The largest absolute Gasteiger partial charge is 0.431 e. The van der Waals surface area contributed by atoms with E-state index in [1.165, 1.54) is 16.6 Å². The quantitative estimate of drug-likeness (QED) is 0.724. The van der Waals surface area contributed by atoms with Gasteiger partial charge >= 0.3 is 0 Å². The van der Waals surface area contributed by atoms with Crippen molar-refractivity contribution in [3.63, 3.8) is 0 Å². The number of hydrogen-bond donors (Lipinski definition) is 1. The molecule has 18 heavy (non-hydrogen) atoms. The molecule has 0 amide bonds. The molecule has 0 spiro atoms. The summed E-state index contributed by atoms with van der Waals surface area (Å²) in [5, 5.41) is 0.601. The average molecular weight is 277 g/mol. The number of nitrogens with zero attached hydrogens (tertiary/aromatic N) is 2. The predicted octanol–water partition coefficient (Wildman–Crippen LogP) is 3.63. The fourth-order valence-corrected chi connectivity index (χ4v) is 3.53. The zero-order chi connectivity index (χ0) is 12.7. The Morgan fingerprint density at radius 3 is 2.83 bits per heavy atom. The van der Waals surface area contributed by atoms with E-state index in [1.807, 2.05) is 13.0 Å². The van der Waals surface area contributed by atoms with Crippen molar-refractivity contribution in [2.24, 2.45) is 0 Å². The summed E-state index contributed by atoms with van der Waals surface area (Å²) >= 11 is 3.09. The highest BCUT2D eigenvalue weighted by Gasteiger charge is 2.11. The van der Waals surface area contributed by atoms with Crippen LogP contribution >= 0.6 is 23.1 Å². The molecular weight excluding hydrogens is 266 g/mol. The van der Waals surface area contributed by atoms with Crippen molar-refractivity contribution < 1.29 is 4.42 Å². The van der Waals surface area contributed by atoms with Gasteiger partial charge < -0.3 is 10.2 Å². The molecule has 1 aromatic carbocycles. The van der Waals surface area contributed by atoms with Gasteiger partial charge in [-0.2, -0.15) is 0 Å². The number of nitrogens with two attached hydrogens (primary N) is 1. The molecule has 0 bridgehead atoms. The number of benzene rings is 1. The molecule has 0 aliphatic carbocycles. The van der Waals surface area contributed by atoms with Crippen LogP contribution in [0, 0.1) is 13.8 Å². The lowest BCUT2D eigenvalue weighted by molar-refractivity contribution is 0.489. The van der Waals surface area contributed by atoms with Crippen LogP contribution in [0.5, 0.6) is 0 Å². The normalized spacial score (nSPS) is 11.2. The minimum atomic E-state index is 0.601. The third-order valence-corrected chi connectivity index (χ3v) is 4.56. The molecule has 3 aromatic rings. The first-order chi connectivity index (χ1) is 8.61. The Labute approximate surface area is 112 Å². The number of rotatable bonds is 2. The van der Waals surface area contributed by atoms with E-state index in [-0.39, 0.29) is 0 Å². The van der Waals surface area contributed by atoms with Crippen LogP contribution in [-0.2, 0) is 0 Å². The number of thiazole rings is 1. The van der Waals surface area contributed by atoms with Gasteiger partial charge in [-0.05, 0) is 32.0 Å². The Hall–Kier alpha value is -1.53. The molecular formula is C12H11N3OS2. The molecule has 3 rings (SSSR count). The highest BCUT2D eigenvalue weighted by atomic mass is 32.2. The lowest BCUT2D eigenvalue weighted by Crippen LogP contribution is -1.82. The van der Waals surface area contributed by atoms with Gasteiger partial charge in [0.25, 0.3) is 5.22 Å². The van der Waals surface area contributed by atoms with Crippen LogP contribution in [0.1, 0.15) is 10.6 Å². The van der Waals surface area contributed by atoms with E-state index >= 15 is 0 Å². The van der Waals surface area contributed by atoms with E-state index in [2.05, 4.69) is 16.9 Å². The third kappa shape index (κ3) is 2.09. The van der Waals surface area contributed by atoms with Crippen LogP contribution in [0.2, 0.25) is 0 Å². The van der Waals surface area contributed by atoms with Gasteiger partial charge in [0.2, 0.25) is 0 Å². The second-order valence-corrected chi connectivity index (χ2v) is 6.33. The van der Waals surface area contributed by atoms with Crippen LogP contribution in [-0.4, -0.2) is 9.97 Å². The van der Waals surface area contributed by atoms with E-state index < -0.39 is 0 Å². The Kier molecular flexibility index (Phi) is 2.76. The molecule has 4 nitrogen and oxygen atoms in total. The Morgan fingerprint density at radius 2 is 2.11 bits per heavy atom. The summed E-state index contributed by atoms with van der Waals surface area (Å²) < 4.78 is 6.59. The molecule has 0 saturated carbocycles. The first-order valence-electron chi connectivity index (χ1n) is 5.40. The molecule has 0 atom stereocenters. The van der Waals surface area contributed by atoms with E-state index in [0.29, 0.717) is 10.9 Å². The molecule has 0 aliphatic rings. The van der Waals surface area contributed by atoms with E-state index in [0.717, 1.165) is 21.1 Å². The number of aryl methyl sites for hydroxylation is 2. The molecule has 2 heterocycles. The second kappa shape index (κ2) is 4.29. The highest BCUT2D eigenvalue weighted by molar-refractivity contribution is 8.00. The van der Waals surface area contributed by atoms with Gasteiger partial charge in [0.1, 0.15) is 5.52 Å². The number of fused-ring (bicyclic) bond motifs is 1. The second-order valence-electron chi connectivity index (χ2n) is 3.93. The van der Waals surface area contributed by atoms with Crippen LogP contribution < -0.4 is 5.73 Å². The summed E-state index contributed by atoms with van der Waals surface area (Å²) in [6.07, 6.45) is 0. The SMILES string of the molecule is Cc1nc(Sc2nc3cc(N)ccc3o2)sc1C. The van der Waals surface area contributed by atoms with Gasteiger partial charge in [0.05, 0.1) is 5.69 Å². The number of oxazole rings is 1. The molecule has 0 saturated heterocycles. The molecule has 2 N–H and O–H groups in total. The molecule has 2 aromatic heterocycles. The fourth-order valence-electron chi connectivity index (χ4n) is 1.53. The third-order valence-electron chi connectivity index (χ3n) is 2.58.